The summed E-state index contributed by atoms with van der Waals surface area (Å²) >= 11 is 1.39. The summed E-state index contributed by atoms with van der Waals surface area (Å²) in [5, 5.41) is 9.19. The number of rotatable bonds is 4. The first-order valence-corrected chi connectivity index (χ1v) is 7.78. The van der Waals surface area contributed by atoms with Crippen molar-refractivity contribution in [3.63, 3.8) is 0 Å². The zero-order valence-electron chi connectivity index (χ0n) is 11.5. The first-order valence-electron chi connectivity index (χ1n) is 6.97. The van der Waals surface area contributed by atoms with Gasteiger partial charge in [0.15, 0.2) is 0 Å². The molecule has 1 amide bonds. The standard InChI is InChI=1S/C15H20N2O2S/c16-9-3-6-13-7-8-14(20-13)15(19)17(10-11-18)12-4-1-2-5-12/h7-8,12,18H,1-2,4-5,9-11,16H2. The number of thiophene rings is 1. The van der Waals surface area contributed by atoms with Crippen LogP contribution in [0.25, 0.3) is 0 Å². The smallest absolute Gasteiger partial charge is 0.264 e. The highest BCUT2D eigenvalue weighted by molar-refractivity contribution is 7.14. The Hall–Kier alpha value is -1.35. The minimum absolute atomic E-state index is 0.00739. The monoisotopic (exact) mass is 292 g/mol. The van der Waals surface area contributed by atoms with E-state index < -0.39 is 0 Å². The van der Waals surface area contributed by atoms with Crippen molar-refractivity contribution < 1.29 is 9.90 Å². The van der Waals surface area contributed by atoms with Gasteiger partial charge in [-0.3, -0.25) is 4.79 Å². The van der Waals surface area contributed by atoms with Gasteiger partial charge in [-0.2, -0.15) is 0 Å². The number of hydrogen-bond acceptors (Lipinski definition) is 4. The Morgan fingerprint density at radius 3 is 2.85 bits per heavy atom. The molecule has 0 aromatic carbocycles. The van der Waals surface area contributed by atoms with Crippen LogP contribution in [0.2, 0.25) is 0 Å². The molecule has 0 radical (unpaired) electrons. The molecule has 1 aliphatic carbocycles. The quantitative estimate of drug-likeness (QED) is 0.825. The maximum absolute atomic E-state index is 12.6. The Kier molecular flexibility index (Phi) is 5.60. The molecule has 0 aliphatic heterocycles. The molecule has 2 rings (SSSR count). The van der Waals surface area contributed by atoms with E-state index in [1.54, 1.807) is 0 Å². The minimum Gasteiger partial charge on any atom is -0.395 e. The number of amides is 1. The molecule has 0 spiro atoms. The first-order chi connectivity index (χ1) is 9.76. The van der Waals surface area contributed by atoms with Crippen molar-refractivity contribution in [1.29, 1.82) is 0 Å². The third-order valence-corrected chi connectivity index (χ3v) is 4.49. The average Bonchev–Trinajstić information content (AvgIpc) is 3.12. The van der Waals surface area contributed by atoms with Gasteiger partial charge in [0, 0.05) is 12.6 Å². The van der Waals surface area contributed by atoms with Crippen LogP contribution in [0.15, 0.2) is 12.1 Å². The third kappa shape index (κ3) is 3.60. The Balaban J connectivity index is 2.12. The Labute approximate surface area is 123 Å². The molecule has 1 aliphatic rings. The second kappa shape index (κ2) is 7.44. The summed E-state index contributed by atoms with van der Waals surface area (Å²) in [5.74, 6) is 5.74. The molecule has 1 aromatic rings. The lowest BCUT2D eigenvalue weighted by atomic mass is 10.2. The summed E-state index contributed by atoms with van der Waals surface area (Å²) in [6.45, 7) is 0.735. The molecule has 3 N–H and O–H groups in total. The normalized spacial score (nSPS) is 14.9. The number of aliphatic hydroxyl groups excluding tert-OH is 1. The van der Waals surface area contributed by atoms with Crippen molar-refractivity contribution >= 4 is 17.2 Å². The second-order valence-electron chi connectivity index (χ2n) is 4.83. The van der Waals surface area contributed by atoms with Gasteiger partial charge in [0.2, 0.25) is 0 Å². The van der Waals surface area contributed by atoms with E-state index in [2.05, 4.69) is 11.8 Å². The summed E-state index contributed by atoms with van der Waals surface area (Å²) < 4.78 is 0. The average molecular weight is 292 g/mol. The molecule has 0 saturated heterocycles. The van der Waals surface area contributed by atoms with Crippen LogP contribution in [0.3, 0.4) is 0 Å². The number of nitrogens with two attached hydrogens (primary N) is 1. The summed E-state index contributed by atoms with van der Waals surface area (Å²) in [4.78, 5) is 15.9. The van der Waals surface area contributed by atoms with Crippen LogP contribution >= 0.6 is 11.3 Å². The van der Waals surface area contributed by atoms with Crippen LogP contribution in [-0.4, -0.2) is 41.7 Å². The van der Waals surface area contributed by atoms with Gasteiger partial charge in [-0.05, 0) is 25.0 Å². The third-order valence-electron chi connectivity index (χ3n) is 3.50. The fourth-order valence-corrected chi connectivity index (χ4v) is 3.41. The lowest BCUT2D eigenvalue weighted by molar-refractivity contribution is 0.0643. The van der Waals surface area contributed by atoms with Crippen molar-refractivity contribution in [1.82, 2.24) is 4.90 Å². The van der Waals surface area contributed by atoms with Crippen LogP contribution in [0.5, 0.6) is 0 Å². The molecule has 5 heteroatoms. The predicted molar refractivity (Wildman–Crippen MR) is 80.6 cm³/mol. The molecule has 0 bridgehead atoms. The lowest BCUT2D eigenvalue weighted by Crippen LogP contribution is -2.40. The zero-order valence-corrected chi connectivity index (χ0v) is 12.3. The molecule has 1 fully saturated rings. The number of carbonyl (C=O) groups excluding carboxylic acids is 1. The first kappa shape index (κ1) is 15.0. The highest BCUT2D eigenvalue weighted by atomic mass is 32.1. The van der Waals surface area contributed by atoms with Gasteiger partial charge in [-0.25, -0.2) is 0 Å². The van der Waals surface area contributed by atoms with Gasteiger partial charge in [0.05, 0.1) is 22.9 Å². The molecule has 1 heterocycles. The van der Waals surface area contributed by atoms with Crippen LogP contribution in [0.1, 0.15) is 40.2 Å². The molecule has 0 unspecified atom stereocenters. The Morgan fingerprint density at radius 2 is 2.20 bits per heavy atom. The number of carbonyl (C=O) groups is 1. The molecule has 20 heavy (non-hydrogen) atoms. The van der Waals surface area contributed by atoms with E-state index in [4.69, 9.17) is 5.73 Å². The fraction of sp³-hybridized carbons (Fsp3) is 0.533. The van der Waals surface area contributed by atoms with E-state index in [1.807, 2.05) is 17.0 Å². The van der Waals surface area contributed by atoms with Crippen LogP contribution in [0, 0.1) is 11.8 Å². The fourth-order valence-electron chi connectivity index (χ4n) is 2.57. The molecule has 0 atom stereocenters. The van der Waals surface area contributed by atoms with Gasteiger partial charge in [-0.1, -0.05) is 24.7 Å². The van der Waals surface area contributed by atoms with E-state index in [9.17, 15) is 9.90 Å². The molecular weight excluding hydrogens is 272 g/mol. The van der Waals surface area contributed by atoms with E-state index in [0.717, 1.165) is 30.6 Å². The highest BCUT2D eigenvalue weighted by Gasteiger charge is 2.27. The minimum atomic E-state index is 0.00739. The van der Waals surface area contributed by atoms with Crippen molar-refractivity contribution in [2.75, 3.05) is 19.7 Å². The number of hydrogen-bond donors (Lipinski definition) is 2. The van der Waals surface area contributed by atoms with E-state index in [-0.39, 0.29) is 18.6 Å². The Morgan fingerprint density at radius 1 is 1.45 bits per heavy atom. The summed E-state index contributed by atoms with van der Waals surface area (Å²) in [6.07, 6.45) is 4.41. The summed E-state index contributed by atoms with van der Waals surface area (Å²) in [7, 11) is 0. The van der Waals surface area contributed by atoms with Crippen molar-refractivity contribution in [3.05, 3.63) is 21.9 Å². The summed E-state index contributed by atoms with van der Waals surface area (Å²) in [5.41, 5.74) is 5.34. The Bertz CT molecular complexity index is 509. The number of nitrogens with zero attached hydrogens (tertiary/aromatic N) is 1. The molecule has 1 saturated carbocycles. The van der Waals surface area contributed by atoms with Gasteiger partial charge >= 0.3 is 0 Å². The van der Waals surface area contributed by atoms with Gasteiger partial charge < -0.3 is 15.7 Å². The van der Waals surface area contributed by atoms with Crippen LogP contribution in [-0.2, 0) is 0 Å². The van der Waals surface area contributed by atoms with Crippen molar-refractivity contribution in [3.8, 4) is 11.8 Å². The second-order valence-corrected chi connectivity index (χ2v) is 5.91. The maximum Gasteiger partial charge on any atom is 0.264 e. The number of aliphatic hydroxyl groups is 1. The molecular formula is C15H20N2O2S. The van der Waals surface area contributed by atoms with Gasteiger partial charge in [0.1, 0.15) is 0 Å². The van der Waals surface area contributed by atoms with Crippen molar-refractivity contribution in [2.45, 2.75) is 31.7 Å². The largest absolute Gasteiger partial charge is 0.395 e. The van der Waals surface area contributed by atoms with Crippen LogP contribution in [0.4, 0.5) is 0 Å². The zero-order chi connectivity index (χ0) is 14.4. The van der Waals surface area contributed by atoms with E-state index in [1.165, 1.54) is 11.3 Å². The molecule has 1 aromatic heterocycles. The van der Waals surface area contributed by atoms with Gasteiger partial charge in [0.25, 0.3) is 5.91 Å². The van der Waals surface area contributed by atoms with Gasteiger partial charge in [-0.15, -0.1) is 11.3 Å². The molecule has 4 nitrogen and oxygen atoms in total. The maximum atomic E-state index is 12.6. The van der Waals surface area contributed by atoms with Crippen LogP contribution < -0.4 is 5.73 Å². The SMILES string of the molecule is NCC#Cc1ccc(C(=O)N(CCO)C2CCCC2)s1. The van der Waals surface area contributed by atoms with E-state index in [0.29, 0.717) is 18.0 Å². The molecule has 108 valence electrons. The lowest BCUT2D eigenvalue weighted by Gasteiger charge is -2.27. The highest BCUT2D eigenvalue weighted by Crippen LogP contribution is 2.26. The van der Waals surface area contributed by atoms with Crippen molar-refractivity contribution in [2.24, 2.45) is 5.73 Å². The van der Waals surface area contributed by atoms with E-state index >= 15 is 0 Å². The topological polar surface area (TPSA) is 66.6 Å². The predicted octanol–water partition coefficient (Wildman–Crippen LogP) is 1.44. The summed E-state index contributed by atoms with van der Waals surface area (Å²) in [6, 6.07) is 3.94.